The highest BCUT2D eigenvalue weighted by atomic mass is 32.2. The third-order valence-electron chi connectivity index (χ3n) is 7.27. The fraction of sp³-hybridized carbons (Fsp3) is 0.786. The number of benzene rings is 1. The fourth-order valence-corrected chi connectivity index (χ4v) is 5.95. The van der Waals surface area contributed by atoms with Gasteiger partial charge in [0.1, 0.15) is 10.5 Å². The summed E-state index contributed by atoms with van der Waals surface area (Å²) in [4.78, 5) is 9.97. The Morgan fingerprint density at radius 3 is 2.11 bits per heavy atom. The Morgan fingerprint density at radius 2 is 1.54 bits per heavy atom. The van der Waals surface area contributed by atoms with Crippen molar-refractivity contribution in [3.63, 3.8) is 0 Å². The minimum Gasteiger partial charge on any atom is -0.385 e. The maximum Gasteiger partial charge on any atom is 0.297 e. The second-order valence-electron chi connectivity index (χ2n) is 10.4. The Balaban J connectivity index is 1.58. The van der Waals surface area contributed by atoms with Crippen molar-refractivity contribution in [3.05, 3.63) is 34.4 Å². The van der Waals surface area contributed by atoms with Crippen molar-refractivity contribution in [2.45, 2.75) is 133 Å². The summed E-state index contributed by atoms with van der Waals surface area (Å²) in [7, 11) is -4.24. The predicted molar refractivity (Wildman–Crippen MR) is 145 cm³/mol. The predicted octanol–water partition coefficient (Wildman–Crippen LogP) is 7.08. The molecular formula is C28H47NO7S. The number of nitro groups is 1. The molecule has 2 rings (SSSR count). The number of hydrogen-bond donors (Lipinski definition) is 1. The van der Waals surface area contributed by atoms with E-state index >= 15 is 0 Å². The minimum atomic E-state index is -4.24. The Hall–Kier alpha value is -1.55. The first kappa shape index (κ1) is 31.7. The molecule has 1 aromatic carbocycles. The Morgan fingerprint density at radius 1 is 0.973 bits per heavy atom. The second kappa shape index (κ2) is 17.1. The maximum atomic E-state index is 12.5. The first-order chi connectivity index (χ1) is 17.8. The van der Waals surface area contributed by atoms with Crippen LogP contribution in [0.3, 0.4) is 0 Å². The summed E-state index contributed by atoms with van der Waals surface area (Å²) in [6.45, 7) is 2.35. The lowest BCUT2D eigenvalue weighted by atomic mass is 10.0. The molecule has 212 valence electrons. The van der Waals surface area contributed by atoms with E-state index in [-0.39, 0.29) is 10.6 Å². The van der Waals surface area contributed by atoms with Crippen molar-refractivity contribution in [1.29, 1.82) is 0 Å². The third kappa shape index (κ3) is 11.8. The number of nitro benzene ring substituents is 1. The number of aliphatic hydroxyl groups is 1. The van der Waals surface area contributed by atoms with Crippen molar-refractivity contribution in [2.75, 3.05) is 13.2 Å². The van der Waals surface area contributed by atoms with Crippen LogP contribution in [0.15, 0.2) is 29.2 Å². The summed E-state index contributed by atoms with van der Waals surface area (Å²) >= 11 is 0. The van der Waals surface area contributed by atoms with Crippen LogP contribution in [-0.4, -0.2) is 43.4 Å². The average molecular weight is 542 g/mol. The lowest BCUT2D eigenvalue weighted by molar-refractivity contribution is -0.385. The van der Waals surface area contributed by atoms with Gasteiger partial charge in [-0.25, -0.2) is 0 Å². The Labute approximate surface area is 223 Å². The van der Waals surface area contributed by atoms with E-state index in [2.05, 4.69) is 6.92 Å². The van der Waals surface area contributed by atoms with Crippen LogP contribution in [0.4, 0.5) is 5.69 Å². The molecule has 0 radical (unpaired) electrons. The van der Waals surface area contributed by atoms with Gasteiger partial charge in [0.05, 0.1) is 17.6 Å². The number of unbranched alkanes of at least 4 members (excludes halogenated alkanes) is 13. The number of nitrogens with zero attached hydrogens (tertiary/aromatic N) is 1. The van der Waals surface area contributed by atoms with E-state index in [4.69, 9.17) is 8.92 Å². The van der Waals surface area contributed by atoms with E-state index in [1.54, 1.807) is 0 Å². The monoisotopic (exact) mass is 541 g/mol. The van der Waals surface area contributed by atoms with Gasteiger partial charge in [-0.05, 0) is 31.7 Å². The van der Waals surface area contributed by atoms with Crippen LogP contribution in [0, 0.1) is 10.1 Å². The summed E-state index contributed by atoms with van der Waals surface area (Å²) in [6.07, 6.45) is 19.2. The van der Waals surface area contributed by atoms with Gasteiger partial charge in [0.2, 0.25) is 0 Å². The van der Waals surface area contributed by atoms with Gasteiger partial charge in [-0.1, -0.05) is 96.5 Å². The van der Waals surface area contributed by atoms with E-state index in [9.17, 15) is 23.6 Å². The Kier molecular flexibility index (Phi) is 14.7. The highest BCUT2D eigenvalue weighted by Gasteiger charge is 2.43. The summed E-state index contributed by atoms with van der Waals surface area (Å²) in [5.41, 5.74) is -1.72. The molecule has 0 amide bonds. The smallest absolute Gasteiger partial charge is 0.297 e. The highest BCUT2D eigenvalue weighted by molar-refractivity contribution is 7.86. The van der Waals surface area contributed by atoms with Crippen LogP contribution in [0.1, 0.15) is 116 Å². The van der Waals surface area contributed by atoms with Gasteiger partial charge in [0.15, 0.2) is 0 Å². The van der Waals surface area contributed by atoms with Gasteiger partial charge < -0.3 is 9.84 Å². The first-order valence-corrected chi connectivity index (χ1v) is 15.7. The van der Waals surface area contributed by atoms with Crippen molar-refractivity contribution in [1.82, 2.24) is 0 Å². The summed E-state index contributed by atoms with van der Waals surface area (Å²) in [5.74, 6) is 0. The van der Waals surface area contributed by atoms with Gasteiger partial charge in [-0.15, -0.1) is 0 Å². The van der Waals surface area contributed by atoms with Crippen LogP contribution >= 0.6 is 0 Å². The number of ether oxygens (including phenoxy) is 1. The number of hydrogen-bond acceptors (Lipinski definition) is 7. The van der Waals surface area contributed by atoms with Gasteiger partial charge in [0.25, 0.3) is 15.8 Å². The molecule has 0 aromatic heterocycles. The second-order valence-corrected chi connectivity index (χ2v) is 12.0. The van der Waals surface area contributed by atoms with Crippen molar-refractivity contribution < 1.29 is 27.4 Å². The SMILES string of the molecule is CCCCCCCCCCCCCCCCO[C@@H]1CCC[C@]1(O)COS(=O)(=O)c1cccc([N+](=O)[O-])c1. The minimum absolute atomic E-state index is 0.303. The first-order valence-electron chi connectivity index (χ1n) is 14.3. The fourth-order valence-electron chi connectivity index (χ4n) is 4.95. The Bertz CT molecular complexity index is 892. The molecule has 2 atom stereocenters. The van der Waals surface area contributed by atoms with Crippen molar-refractivity contribution in [2.24, 2.45) is 0 Å². The molecule has 1 aromatic rings. The molecule has 0 heterocycles. The molecule has 0 saturated heterocycles. The molecule has 0 unspecified atom stereocenters. The zero-order valence-corrected chi connectivity index (χ0v) is 23.4. The molecule has 1 saturated carbocycles. The van der Waals surface area contributed by atoms with E-state index in [0.29, 0.717) is 19.4 Å². The van der Waals surface area contributed by atoms with Crippen LogP contribution in [0.5, 0.6) is 0 Å². The van der Waals surface area contributed by atoms with Crippen LogP contribution < -0.4 is 0 Å². The molecule has 8 nitrogen and oxygen atoms in total. The van der Waals surface area contributed by atoms with Crippen molar-refractivity contribution in [3.8, 4) is 0 Å². The third-order valence-corrected chi connectivity index (χ3v) is 8.53. The van der Waals surface area contributed by atoms with Crippen LogP contribution in [0.25, 0.3) is 0 Å². The normalized spacial score (nSPS) is 19.9. The lowest BCUT2D eigenvalue weighted by Gasteiger charge is -2.29. The van der Waals surface area contributed by atoms with Gasteiger partial charge in [-0.2, -0.15) is 8.42 Å². The molecular weight excluding hydrogens is 494 g/mol. The van der Waals surface area contributed by atoms with Gasteiger partial charge in [0, 0.05) is 18.7 Å². The largest absolute Gasteiger partial charge is 0.385 e. The molecule has 0 spiro atoms. The quantitative estimate of drug-likeness (QED) is 0.0765. The molecule has 1 N–H and O–H groups in total. The van der Waals surface area contributed by atoms with E-state index in [1.165, 1.54) is 95.2 Å². The van der Waals surface area contributed by atoms with Crippen molar-refractivity contribution >= 4 is 15.8 Å². The summed E-state index contributed by atoms with van der Waals surface area (Å²) < 4.78 is 36.1. The van der Waals surface area contributed by atoms with Gasteiger partial charge in [-0.3, -0.25) is 14.3 Å². The molecule has 1 aliphatic rings. The molecule has 0 aliphatic heterocycles. The average Bonchev–Trinajstić information content (AvgIpc) is 3.25. The maximum absolute atomic E-state index is 12.5. The zero-order valence-electron chi connectivity index (χ0n) is 22.6. The molecule has 0 bridgehead atoms. The van der Waals surface area contributed by atoms with E-state index in [0.717, 1.165) is 25.3 Å². The number of rotatable bonds is 21. The topological polar surface area (TPSA) is 116 Å². The number of non-ortho nitro benzene ring substituents is 1. The summed E-state index contributed by atoms with van der Waals surface area (Å²) in [6, 6.07) is 4.70. The van der Waals surface area contributed by atoms with Crippen LogP contribution in [-0.2, 0) is 19.0 Å². The molecule has 9 heteroatoms. The highest BCUT2D eigenvalue weighted by Crippen LogP contribution is 2.34. The lowest BCUT2D eigenvalue weighted by Crippen LogP contribution is -2.44. The van der Waals surface area contributed by atoms with E-state index in [1.807, 2.05) is 0 Å². The molecule has 1 aliphatic carbocycles. The standard InChI is InChI=1S/C28H47NO7S/c1-2-3-4-5-6-7-8-9-10-11-12-13-14-15-22-35-27-20-17-21-28(27,30)24-36-37(33,34)26-19-16-18-25(23-26)29(31)32/h16,18-19,23,27,30H,2-15,17,20-22,24H2,1H3/t27-,28+/m1/s1. The van der Waals surface area contributed by atoms with Crippen LogP contribution in [0.2, 0.25) is 0 Å². The zero-order chi connectivity index (χ0) is 27.0. The molecule has 37 heavy (non-hydrogen) atoms. The molecule has 1 fully saturated rings. The summed E-state index contributed by atoms with van der Waals surface area (Å²) in [5, 5.41) is 21.9. The van der Waals surface area contributed by atoms with E-state index < -0.39 is 33.4 Å². The van der Waals surface area contributed by atoms with Gasteiger partial charge >= 0.3 is 0 Å².